The van der Waals surface area contributed by atoms with Crippen LogP contribution >= 0.6 is 0 Å². The molecule has 5 heteroatoms. The topological polar surface area (TPSA) is 64.6 Å². The van der Waals surface area contributed by atoms with Crippen molar-refractivity contribution in [2.75, 3.05) is 13.7 Å². The first-order valence-corrected chi connectivity index (χ1v) is 8.36. The van der Waals surface area contributed by atoms with E-state index in [0.29, 0.717) is 12.8 Å². The molecule has 0 saturated heterocycles. The van der Waals surface area contributed by atoms with Gasteiger partial charge in [0.05, 0.1) is 7.11 Å². The Bertz CT molecular complexity index is 796. The number of fused-ring (bicyclic) bond motifs is 3. The summed E-state index contributed by atoms with van der Waals surface area (Å²) in [5.41, 5.74) is 3.79. The van der Waals surface area contributed by atoms with E-state index in [1.807, 2.05) is 24.3 Å². The highest BCUT2D eigenvalue weighted by Crippen LogP contribution is 2.44. The summed E-state index contributed by atoms with van der Waals surface area (Å²) in [6, 6.07) is 16.3. The van der Waals surface area contributed by atoms with Crippen LogP contribution in [0, 0.1) is 0 Å². The van der Waals surface area contributed by atoms with Gasteiger partial charge in [-0.15, -0.1) is 0 Å². The van der Waals surface area contributed by atoms with E-state index in [-0.39, 0.29) is 12.5 Å². The molecule has 4 rings (SSSR count). The summed E-state index contributed by atoms with van der Waals surface area (Å²) < 4.78 is 10.2. The van der Waals surface area contributed by atoms with E-state index >= 15 is 0 Å². The zero-order chi connectivity index (χ0) is 17.4. The molecular formula is C20H19NO4. The summed E-state index contributed by atoms with van der Waals surface area (Å²) in [6.07, 6.45) is 0.595. The molecule has 1 N–H and O–H groups in total. The Morgan fingerprint density at radius 3 is 2.12 bits per heavy atom. The van der Waals surface area contributed by atoms with Gasteiger partial charge in [0, 0.05) is 5.92 Å². The number of alkyl carbamates (subject to hydrolysis) is 1. The lowest BCUT2D eigenvalue weighted by atomic mass is 9.98. The van der Waals surface area contributed by atoms with E-state index < -0.39 is 17.6 Å². The zero-order valence-electron chi connectivity index (χ0n) is 14.0. The summed E-state index contributed by atoms with van der Waals surface area (Å²) >= 11 is 0. The molecule has 1 amide bonds. The second-order valence-electron chi connectivity index (χ2n) is 6.52. The van der Waals surface area contributed by atoms with Crippen LogP contribution in [0.2, 0.25) is 0 Å². The van der Waals surface area contributed by atoms with Gasteiger partial charge in [-0.3, -0.25) is 0 Å². The third-order valence-corrected chi connectivity index (χ3v) is 5.01. The molecular weight excluding hydrogens is 318 g/mol. The molecule has 0 unspecified atom stereocenters. The van der Waals surface area contributed by atoms with Crippen molar-refractivity contribution in [2.45, 2.75) is 24.3 Å². The fraction of sp³-hybridized carbons (Fsp3) is 0.300. The minimum atomic E-state index is -0.892. The van der Waals surface area contributed by atoms with Gasteiger partial charge in [0.25, 0.3) is 0 Å². The first kappa shape index (κ1) is 15.7. The molecule has 0 bridgehead atoms. The first-order chi connectivity index (χ1) is 12.1. The van der Waals surface area contributed by atoms with Gasteiger partial charge in [-0.1, -0.05) is 48.5 Å². The number of carbonyl (C=O) groups excluding carboxylic acids is 2. The fourth-order valence-electron chi connectivity index (χ4n) is 3.53. The number of benzene rings is 2. The van der Waals surface area contributed by atoms with E-state index in [1.165, 1.54) is 18.2 Å². The van der Waals surface area contributed by atoms with Crippen LogP contribution in [-0.2, 0) is 14.3 Å². The minimum absolute atomic E-state index is 0.00595. The van der Waals surface area contributed by atoms with Crippen molar-refractivity contribution >= 4 is 12.1 Å². The third-order valence-electron chi connectivity index (χ3n) is 5.01. The van der Waals surface area contributed by atoms with Crippen LogP contribution < -0.4 is 5.32 Å². The summed E-state index contributed by atoms with van der Waals surface area (Å²) in [4.78, 5) is 23.9. The molecule has 2 aromatic carbocycles. The lowest BCUT2D eigenvalue weighted by Gasteiger charge is -2.17. The molecule has 25 heavy (non-hydrogen) atoms. The Morgan fingerprint density at radius 1 is 1.04 bits per heavy atom. The van der Waals surface area contributed by atoms with E-state index in [2.05, 4.69) is 29.6 Å². The number of carbonyl (C=O) groups is 2. The van der Waals surface area contributed by atoms with Crippen molar-refractivity contribution in [2.24, 2.45) is 0 Å². The van der Waals surface area contributed by atoms with E-state index in [9.17, 15) is 9.59 Å². The number of rotatable bonds is 4. The molecule has 2 aliphatic carbocycles. The Balaban J connectivity index is 1.48. The number of amides is 1. The average Bonchev–Trinajstić information content (AvgIpc) is 3.35. The number of hydrogen-bond acceptors (Lipinski definition) is 4. The van der Waals surface area contributed by atoms with Gasteiger partial charge in [-0.2, -0.15) is 0 Å². The molecule has 1 fully saturated rings. The highest BCUT2D eigenvalue weighted by Gasteiger charge is 2.53. The van der Waals surface area contributed by atoms with Crippen LogP contribution in [0.4, 0.5) is 4.79 Å². The first-order valence-electron chi connectivity index (χ1n) is 8.36. The Morgan fingerprint density at radius 2 is 1.60 bits per heavy atom. The number of ether oxygens (including phenoxy) is 2. The molecule has 0 aromatic heterocycles. The standard InChI is InChI=1S/C20H19NO4/c1-24-18(22)20(10-11-20)21-19(23)25-12-17-15-8-4-2-6-13(15)14-7-3-5-9-16(14)17/h2-9,17H,10-12H2,1H3,(H,21,23). The highest BCUT2D eigenvalue weighted by atomic mass is 16.6. The summed E-state index contributed by atoms with van der Waals surface area (Å²) in [6.45, 7) is 0.233. The maximum Gasteiger partial charge on any atom is 0.408 e. The van der Waals surface area contributed by atoms with Crippen LogP contribution in [0.1, 0.15) is 29.9 Å². The number of hydrogen-bond donors (Lipinski definition) is 1. The van der Waals surface area contributed by atoms with Gasteiger partial charge in [0.15, 0.2) is 0 Å². The molecule has 5 nitrogen and oxygen atoms in total. The summed E-state index contributed by atoms with van der Waals surface area (Å²) in [5, 5.41) is 2.65. The summed E-state index contributed by atoms with van der Waals surface area (Å²) in [7, 11) is 1.32. The molecule has 1 saturated carbocycles. The van der Waals surface area contributed by atoms with Crippen LogP contribution in [0.15, 0.2) is 48.5 Å². The van der Waals surface area contributed by atoms with Crippen LogP contribution in [0.25, 0.3) is 11.1 Å². The van der Waals surface area contributed by atoms with E-state index in [4.69, 9.17) is 9.47 Å². The minimum Gasteiger partial charge on any atom is -0.467 e. The van der Waals surface area contributed by atoms with Gasteiger partial charge in [0.1, 0.15) is 12.1 Å². The lowest BCUT2D eigenvalue weighted by Crippen LogP contribution is -2.44. The van der Waals surface area contributed by atoms with Crippen molar-refractivity contribution in [1.82, 2.24) is 5.32 Å². The quantitative estimate of drug-likeness (QED) is 0.870. The Kier molecular flexibility index (Phi) is 3.71. The van der Waals surface area contributed by atoms with Gasteiger partial charge >= 0.3 is 12.1 Å². The molecule has 0 heterocycles. The van der Waals surface area contributed by atoms with Crippen molar-refractivity contribution in [3.05, 3.63) is 59.7 Å². The van der Waals surface area contributed by atoms with Gasteiger partial charge in [0.2, 0.25) is 0 Å². The smallest absolute Gasteiger partial charge is 0.408 e. The van der Waals surface area contributed by atoms with E-state index in [1.54, 1.807) is 0 Å². The third kappa shape index (κ3) is 2.65. The van der Waals surface area contributed by atoms with Crippen molar-refractivity contribution in [1.29, 1.82) is 0 Å². The Labute approximate surface area is 145 Å². The monoisotopic (exact) mass is 337 g/mol. The second kappa shape index (κ2) is 5.92. The van der Waals surface area contributed by atoms with Gasteiger partial charge in [-0.25, -0.2) is 9.59 Å². The normalized spacial score (nSPS) is 16.5. The van der Waals surface area contributed by atoms with Crippen LogP contribution in [0.3, 0.4) is 0 Å². The molecule has 0 aliphatic heterocycles. The second-order valence-corrected chi connectivity index (χ2v) is 6.52. The van der Waals surface area contributed by atoms with Crippen molar-refractivity contribution < 1.29 is 19.1 Å². The molecule has 0 radical (unpaired) electrons. The average molecular weight is 337 g/mol. The molecule has 2 aliphatic rings. The zero-order valence-corrected chi connectivity index (χ0v) is 14.0. The lowest BCUT2D eigenvalue weighted by molar-refractivity contribution is -0.144. The maximum atomic E-state index is 12.2. The van der Waals surface area contributed by atoms with Crippen molar-refractivity contribution in [3.63, 3.8) is 0 Å². The number of methoxy groups -OCH3 is 1. The van der Waals surface area contributed by atoms with Crippen LogP contribution in [-0.4, -0.2) is 31.3 Å². The Hall–Kier alpha value is -2.82. The van der Waals surface area contributed by atoms with Gasteiger partial charge in [-0.05, 0) is 35.1 Å². The molecule has 0 atom stereocenters. The maximum absolute atomic E-state index is 12.2. The summed E-state index contributed by atoms with van der Waals surface area (Å²) in [5.74, 6) is -0.410. The van der Waals surface area contributed by atoms with Crippen LogP contribution in [0.5, 0.6) is 0 Å². The van der Waals surface area contributed by atoms with Crippen molar-refractivity contribution in [3.8, 4) is 11.1 Å². The highest BCUT2D eigenvalue weighted by molar-refractivity contribution is 5.88. The SMILES string of the molecule is COC(=O)C1(NC(=O)OCC2c3ccccc3-c3ccccc32)CC1. The fourth-order valence-corrected chi connectivity index (χ4v) is 3.53. The predicted molar refractivity (Wildman–Crippen MR) is 92.2 cm³/mol. The predicted octanol–water partition coefficient (Wildman–Crippen LogP) is 3.23. The largest absolute Gasteiger partial charge is 0.467 e. The molecule has 2 aromatic rings. The molecule has 128 valence electrons. The van der Waals surface area contributed by atoms with E-state index in [0.717, 1.165) is 11.1 Å². The number of esters is 1. The number of nitrogens with one attached hydrogen (secondary N) is 1. The van der Waals surface area contributed by atoms with Gasteiger partial charge < -0.3 is 14.8 Å². The molecule has 0 spiro atoms.